The molecule has 0 bridgehead atoms. The number of thiazole rings is 1. The van der Waals surface area contributed by atoms with Crippen molar-refractivity contribution in [2.45, 2.75) is 31.7 Å². The van der Waals surface area contributed by atoms with E-state index in [1.165, 1.54) is 35.2 Å². The van der Waals surface area contributed by atoms with Crippen LogP contribution in [0.4, 0.5) is 5.69 Å². The monoisotopic (exact) mass is 242 g/mol. The van der Waals surface area contributed by atoms with Gasteiger partial charge < -0.3 is 5.32 Å². The number of fused-ring (bicyclic) bond motifs is 3. The molecule has 0 radical (unpaired) electrons. The molecule has 0 spiro atoms. The van der Waals surface area contributed by atoms with E-state index in [-0.39, 0.29) is 5.54 Å². The molecule has 0 saturated heterocycles. The summed E-state index contributed by atoms with van der Waals surface area (Å²) < 4.78 is 1.28. The summed E-state index contributed by atoms with van der Waals surface area (Å²) in [5.74, 6) is 0. The van der Waals surface area contributed by atoms with Crippen LogP contribution in [0.3, 0.4) is 0 Å². The van der Waals surface area contributed by atoms with E-state index >= 15 is 0 Å². The van der Waals surface area contributed by atoms with Gasteiger partial charge in [-0.15, -0.1) is 11.3 Å². The van der Waals surface area contributed by atoms with Crippen molar-refractivity contribution < 1.29 is 0 Å². The normalized spacial score (nSPS) is 26.3. The van der Waals surface area contributed by atoms with E-state index < -0.39 is 0 Å². The SMILES string of the molecule is CC12CCCC1=Cc1cc3scnc3cc1N2. The maximum atomic E-state index is 4.39. The van der Waals surface area contributed by atoms with Crippen molar-refractivity contribution in [2.75, 3.05) is 5.32 Å². The zero-order valence-corrected chi connectivity index (χ0v) is 10.6. The topological polar surface area (TPSA) is 24.9 Å². The molecule has 1 aliphatic heterocycles. The van der Waals surface area contributed by atoms with E-state index in [9.17, 15) is 0 Å². The number of anilines is 1. The minimum absolute atomic E-state index is 0.191. The zero-order chi connectivity index (χ0) is 11.5. The van der Waals surface area contributed by atoms with Crippen molar-refractivity contribution in [3.05, 3.63) is 28.8 Å². The molecule has 86 valence electrons. The van der Waals surface area contributed by atoms with Crippen molar-refractivity contribution >= 4 is 33.3 Å². The molecule has 2 nitrogen and oxygen atoms in total. The van der Waals surface area contributed by atoms with E-state index in [0.717, 1.165) is 5.52 Å². The van der Waals surface area contributed by atoms with Crippen molar-refractivity contribution in [3.8, 4) is 0 Å². The third-order valence-electron chi connectivity index (χ3n) is 4.07. The van der Waals surface area contributed by atoms with Gasteiger partial charge in [-0.25, -0.2) is 4.98 Å². The molecule has 1 aromatic carbocycles. The summed E-state index contributed by atoms with van der Waals surface area (Å²) in [5, 5.41) is 3.71. The molecule has 1 saturated carbocycles. The molecule has 17 heavy (non-hydrogen) atoms. The average Bonchev–Trinajstić information content (AvgIpc) is 2.87. The Morgan fingerprint density at radius 1 is 1.41 bits per heavy atom. The molecular weight excluding hydrogens is 228 g/mol. The van der Waals surface area contributed by atoms with Crippen molar-refractivity contribution in [1.82, 2.24) is 4.98 Å². The van der Waals surface area contributed by atoms with Gasteiger partial charge in [0, 0.05) is 5.69 Å². The first-order chi connectivity index (χ1) is 8.24. The fourth-order valence-electron chi connectivity index (χ4n) is 3.07. The molecule has 4 rings (SSSR count). The molecule has 3 heteroatoms. The van der Waals surface area contributed by atoms with Crippen LogP contribution in [0.2, 0.25) is 0 Å². The third-order valence-corrected chi connectivity index (χ3v) is 4.87. The number of nitrogens with one attached hydrogen (secondary N) is 1. The van der Waals surface area contributed by atoms with Crippen LogP contribution in [-0.2, 0) is 0 Å². The molecule has 2 aliphatic rings. The highest BCUT2D eigenvalue weighted by Gasteiger charge is 2.36. The van der Waals surface area contributed by atoms with Gasteiger partial charge in [0.05, 0.1) is 21.3 Å². The highest BCUT2D eigenvalue weighted by atomic mass is 32.1. The minimum atomic E-state index is 0.191. The number of aromatic nitrogens is 1. The van der Waals surface area contributed by atoms with Gasteiger partial charge >= 0.3 is 0 Å². The predicted molar refractivity (Wildman–Crippen MR) is 73.5 cm³/mol. The quantitative estimate of drug-likeness (QED) is 0.754. The van der Waals surface area contributed by atoms with Crippen molar-refractivity contribution in [3.63, 3.8) is 0 Å². The maximum Gasteiger partial charge on any atom is 0.0833 e. The number of hydrogen-bond acceptors (Lipinski definition) is 3. The molecule has 1 aromatic heterocycles. The number of nitrogens with zero attached hydrogens (tertiary/aromatic N) is 1. The molecule has 1 fully saturated rings. The van der Waals surface area contributed by atoms with Gasteiger partial charge in [-0.2, -0.15) is 0 Å². The standard InChI is InChI=1S/C14H14N2S/c1-14-4-2-3-10(14)5-9-6-13-12(15-8-17-13)7-11(9)16-14/h5-8,16H,2-4H2,1H3. The lowest BCUT2D eigenvalue weighted by Gasteiger charge is -2.33. The molecule has 1 unspecified atom stereocenters. The van der Waals surface area contributed by atoms with Crippen LogP contribution in [0.1, 0.15) is 31.7 Å². The second kappa shape index (κ2) is 3.10. The summed E-state index contributed by atoms with van der Waals surface area (Å²) in [4.78, 5) is 4.39. The molecule has 1 aliphatic carbocycles. The predicted octanol–water partition coefficient (Wildman–Crippen LogP) is 4.05. The van der Waals surface area contributed by atoms with E-state index in [0.29, 0.717) is 0 Å². The Kier molecular flexibility index (Phi) is 1.76. The van der Waals surface area contributed by atoms with Gasteiger partial charge in [-0.1, -0.05) is 6.08 Å². The molecular formula is C14H14N2S. The first-order valence-electron chi connectivity index (χ1n) is 6.11. The van der Waals surface area contributed by atoms with Crippen LogP contribution in [0, 0.1) is 0 Å². The fraction of sp³-hybridized carbons (Fsp3) is 0.357. The smallest absolute Gasteiger partial charge is 0.0833 e. The second-order valence-electron chi connectivity index (χ2n) is 5.24. The van der Waals surface area contributed by atoms with Gasteiger partial charge in [-0.05, 0) is 49.5 Å². The summed E-state index contributed by atoms with van der Waals surface area (Å²) in [5.41, 5.74) is 7.36. The van der Waals surface area contributed by atoms with Gasteiger partial charge in [0.25, 0.3) is 0 Å². The van der Waals surface area contributed by atoms with Gasteiger partial charge in [-0.3, -0.25) is 0 Å². The Morgan fingerprint density at radius 2 is 2.35 bits per heavy atom. The highest BCUT2D eigenvalue weighted by molar-refractivity contribution is 7.16. The third kappa shape index (κ3) is 1.29. The molecule has 0 amide bonds. The number of benzene rings is 1. The van der Waals surface area contributed by atoms with Crippen molar-refractivity contribution in [1.29, 1.82) is 0 Å². The van der Waals surface area contributed by atoms with Gasteiger partial charge in [0.15, 0.2) is 0 Å². The van der Waals surface area contributed by atoms with Crippen LogP contribution >= 0.6 is 11.3 Å². The van der Waals surface area contributed by atoms with Crippen LogP contribution < -0.4 is 5.32 Å². The maximum absolute atomic E-state index is 4.39. The Hall–Kier alpha value is -1.35. The Bertz CT molecular complexity index is 641. The lowest BCUT2D eigenvalue weighted by molar-refractivity contribution is 0.611. The van der Waals surface area contributed by atoms with Gasteiger partial charge in [0.1, 0.15) is 0 Å². The van der Waals surface area contributed by atoms with Crippen molar-refractivity contribution in [2.24, 2.45) is 0 Å². The summed E-state index contributed by atoms with van der Waals surface area (Å²) in [6, 6.07) is 4.46. The van der Waals surface area contributed by atoms with E-state index in [1.54, 1.807) is 16.9 Å². The molecule has 2 aromatic rings. The lowest BCUT2D eigenvalue weighted by Crippen LogP contribution is -2.35. The zero-order valence-electron chi connectivity index (χ0n) is 9.79. The van der Waals surface area contributed by atoms with Gasteiger partial charge in [0.2, 0.25) is 0 Å². The Balaban J connectivity index is 1.96. The van der Waals surface area contributed by atoms with Crippen LogP contribution in [0.15, 0.2) is 23.2 Å². The summed E-state index contributed by atoms with van der Waals surface area (Å²) in [7, 11) is 0. The average molecular weight is 242 g/mol. The number of hydrogen-bond donors (Lipinski definition) is 1. The Morgan fingerprint density at radius 3 is 3.29 bits per heavy atom. The molecule has 1 atom stereocenters. The molecule has 1 N–H and O–H groups in total. The van der Waals surface area contributed by atoms with E-state index in [4.69, 9.17) is 0 Å². The summed E-state index contributed by atoms with van der Waals surface area (Å²) in [6.45, 7) is 2.32. The summed E-state index contributed by atoms with van der Waals surface area (Å²) >= 11 is 1.72. The fourth-order valence-corrected chi connectivity index (χ4v) is 3.78. The second-order valence-corrected chi connectivity index (χ2v) is 6.13. The van der Waals surface area contributed by atoms with Crippen LogP contribution in [-0.4, -0.2) is 10.5 Å². The van der Waals surface area contributed by atoms with Crippen LogP contribution in [0.25, 0.3) is 16.3 Å². The van der Waals surface area contributed by atoms with Crippen LogP contribution in [0.5, 0.6) is 0 Å². The summed E-state index contributed by atoms with van der Waals surface area (Å²) in [6.07, 6.45) is 6.17. The minimum Gasteiger partial charge on any atom is -0.376 e. The number of rotatable bonds is 0. The largest absolute Gasteiger partial charge is 0.376 e. The Labute approximate surface area is 104 Å². The van der Waals surface area contributed by atoms with E-state index in [2.05, 4.69) is 35.4 Å². The highest BCUT2D eigenvalue weighted by Crippen LogP contribution is 2.44. The van der Waals surface area contributed by atoms with E-state index in [1.807, 2.05) is 5.51 Å². The first-order valence-corrected chi connectivity index (χ1v) is 6.99. The first kappa shape index (κ1) is 9.66. The lowest BCUT2D eigenvalue weighted by atomic mass is 9.89. The molecule has 2 heterocycles.